The lowest BCUT2D eigenvalue weighted by Crippen LogP contribution is -2.48. The minimum atomic E-state index is -0.625. The molecule has 3 rings (SSSR count). The van der Waals surface area contributed by atoms with Crippen LogP contribution in [0.1, 0.15) is 80.3 Å². The number of ether oxygens (including phenoxy) is 1. The van der Waals surface area contributed by atoms with Crippen molar-refractivity contribution in [1.82, 2.24) is 10.9 Å². The first kappa shape index (κ1) is 26.7. The van der Waals surface area contributed by atoms with E-state index >= 15 is 0 Å². The van der Waals surface area contributed by atoms with Gasteiger partial charge in [-0.1, -0.05) is 12.1 Å². The third-order valence-corrected chi connectivity index (χ3v) is 6.51. The maximum Gasteiger partial charge on any atom is 0.496 e. The van der Waals surface area contributed by atoms with Crippen molar-refractivity contribution < 1.29 is 23.6 Å². The Kier molecular flexibility index (Phi) is 7.10. The van der Waals surface area contributed by atoms with Crippen LogP contribution in [0.4, 0.5) is 5.69 Å². The zero-order valence-electron chi connectivity index (χ0n) is 22.1. The number of hydrazine groups is 1. The molecule has 1 aliphatic rings. The first-order valence-corrected chi connectivity index (χ1v) is 11.6. The number of hydrogen-bond donors (Lipinski definition) is 3. The Morgan fingerprint density at radius 3 is 2.09 bits per heavy atom. The molecular formula is C26H36BN3O5. The number of methoxy groups -OCH3 is 1. The van der Waals surface area contributed by atoms with Crippen molar-refractivity contribution in [3.8, 4) is 5.75 Å². The second-order valence-corrected chi connectivity index (χ2v) is 10.9. The fraction of sp³-hybridized carbons (Fsp3) is 0.462. The van der Waals surface area contributed by atoms with Gasteiger partial charge >= 0.3 is 7.12 Å². The van der Waals surface area contributed by atoms with Crippen molar-refractivity contribution in [1.29, 1.82) is 0 Å². The average molecular weight is 481 g/mol. The fourth-order valence-electron chi connectivity index (χ4n) is 3.75. The summed E-state index contributed by atoms with van der Waals surface area (Å²) in [6.07, 6.45) is 0. The Balaban J connectivity index is 1.88. The Bertz CT molecular complexity index is 1140. The van der Waals surface area contributed by atoms with Crippen molar-refractivity contribution in [3.63, 3.8) is 0 Å². The second-order valence-electron chi connectivity index (χ2n) is 10.9. The summed E-state index contributed by atoms with van der Waals surface area (Å²) < 4.78 is 17.7. The number of benzene rings is 2. The first-order chi connectivity index (χ1) is 16.1. The highest BCUT2D eigenvalue weighted by Gasteiger charge is 2.52. The lowest BCUT2D eigenvalue weighted by atomic mass is 9.77. The summed E-state index contributed by atoms with van der Waals surface area (Å²) in [6.45, 7) is 15.4. The SMILES string of the molecule is COc1c(C(=O)c2ccc(B3OC(C)(C)C(C)(C)O3)c(N)c2)ccc(C(=O)NNC(C)(C)C)c1C. The molecule has 2 aromatic rings. The van der Waals surface area contributed by atoms with Crippen LogP contribution in [0.2, 0.25) is 0 Å². The number of ketones is 1. The molecule has 0 aliphatic carbocycles. The minimum absolute atomic E-state index is 0.267. The van der Waals surface area contributed by atoms with Gasteiger partial charge in [-0.05, 0) is 73.6 Å². The number of carbonyl (C=O) groups is 2. The number of nitrogens with one attached hydrogen (secondary N) is 2. The molecule has 0 atom stereocenters. The zero-order valence-corrected chi connectivity index (χ0v) is 22.1. The molecule has 0 saturated carbocycles. The molecule has 4 N–H and O–H groups in total. The fourth-order valence-corrected chi connectivity index (χ4v) is 3.75. The molecule has 1 fully saturated rings. The quantitative estimate of drug-likeness (QED) is 0.252. The van der Waals surface area contributed by atoms with E-state index in [1.54, 1.807) is 37.3 Å². The molecule has 0 unspecified atom stereocenters. The number of rotatable bonds is 6. The van der Waals surface area contributed by atoms with Crippen molar-refractivity contribution in [2.45, 2.75) is 72.1 Å². The largest absolute Gasteiger partial charge is 0.496 e. The van der Waals surface area contributed by atoms with Gasteiger partial charge in [0.15, 0.2) is 5.78 Å². The van der Waals surface area contributed by atoms with Gasteiger partial charge in [0.1, 0.15) is 5.75 Å². The van der Waals surface area contributed by atoms with E-state index in [1.807, 2.05) is 48.5 Å². The topological polar surface area (TPSA) is 112 Å². The van der Waals surface area contributed by atoms with Gasteiger partial charge < -0.3 is 19.8 Å². The van der Waals surface area contributed by atoms with E-state index in [9.17, 15) is 9.59 Å². The molecule has 188 valence electrons. The van der Waals surface area contributed by atoms with Crippen LogP contribution in [-0.4, -0.2) is 42.7 Å². The summed E-state index contributed by atoms with van der Waals surface area (Å²) >= 11 is 0. The van der Waals surface area contributed by atoms with Crippen molar-refractivity contribution >= 4 is 30.0 Å². The minimum Gasteiger partial charge on any atom is -0.496 e. The van der Waals surface area contributed by atoms with Gasteiger partial charge in [-0.3, -0.25) is 15.0 Å². The Morgan fingerprint density at radius 1 is 1.00 bits per heavy atom. The standard InChI is InChI=1S/C26H36BN3O5/c1-15-17(23(32)29-30-24(2,3)4)11-12-18(22(15)33-9)21(31)16-10-13-19(20(28)14-16)27-34-25(5,6)26(7,8)35-27/h10-14,30H,28H2,1-9H3,(H,29,32). The van der Waals surface area contributed by atoms with Gasteiger partial charge in [-0.15, -0.1) is 0 Å². The van der Waals surface area contributed by atoms with Gasteiger partial charge in [0.2, 0.25) is 0 Å². The van der Waals surface area contributed by atoms with Gasteiger partial charge in [-0.2, -0.15) is 0 Å². The van der Waals surface area contributed by atoms with Crippen LogP contribution >= 0.6 is 0 Å². The molecule has 0 spiro atoms. The van der Waals surface area contributed by atoms with Crippen molar-refractivity contribution in [3.05, 3.63) is 52.6 Å². The molecule has 0 radical (unpaired) electrons. The molecule has 1 heterocycles. The molecule has 1 amide bonds. The lowest BCUT2D eigenvalue weighted by molar-refractivity contribution is 0.00578. The summed E-state index contributed by atoms with van der Waals surface area (Å²) in [5.41, 5.74) is 13.4. The van der Waals surface area contributed by atoms with Gasteiger partial charge in [0.05, 0.1) is 23.9 Å². The molecule has 1 saturated heterocycles. The molecular weight excluding hydrogens is 445 g/mol. The Hall–Kier alpha value is -2.88. The number of anilines is 1. The van der Waals surface area contributed by atoms with Crippen LogP contribution in [-0.2, 0) is 9.31 Å². The molecule has 35 heavy (non-hydrogen) atoms. The van der Waals surface area contributed by atoms with Crippen LogP contribution in [0.15, 0.2) is 30.3 Å². The maximum atomic E-state index is 13.4. The molecule has 0 bridgehead atoms. The third kappa shape index (κ3) is 5.37. The van der Waals surface area contributed by atoms with Crippen LogP contribution in [0.25, 0.3) is 0 Å². The Morgan fingerprint density at radius 2 is 1.57 bits per heavy atom. The molecule has 1 aliphatic heterocycles. The average Bonchev–Trinajstić information content (AvgIpc) is 2.97. The Labute approximate surface area is 208 Å². The van der Waals surface area contributed by atoms with Crippen LogP contribution in [0.3, 0.4) is 0 Å². The van der Waals surface area contributed by atoms with E-state index in [1.165, 1.54) is 7.11 Å². The first-order valence-electron chi connectivity index (χ1n) is 11.6. The van der Waals surface area contributed by atoms with E-state index in [-0.39, 0.29) is 17.2 Å². The van der Waals surface area contributed by atoms with E-state index in [0.717, 1.165) is 0 Å². The molecule has 8 nitrogen and oxygen atoms in total. The highest BCUT2D eigenvalue weighted by molar-refractivity contribution is 6.63. The predicted molar refractivity (Wildman–Crippen MR) is 138 cm³/mol. The summed E-state index contributed by atoms with van der Waals surface area (Å²) in [7, 11) is 0.852. The smallest absolute Gasteiger partial charge is 0.496 e. The highest BCUT2D eigenvalue weighted by atomic mass is 16.7. The summed E-state index contributed by atoms with van der Waals surface area (Å²) in [5.74, 6) is -0.241. The van der Waals surface area contributed by atoms with E-state index in [0.29, 0.717) is 39.2 Å². The van der Waals surface area contributed by atoms with Crippen LogP contribution < -0.4 is 26.8 Å². The van der Waals surface area contributed by atoms with Gasteiger partial charge in [-0.25, -0.2) is 5.43 Å². The highest BCUT2D eigenvalue weighted by Crippen LogP contribution is 2.37. The number of nitrogens with two attached hydrogens (primary N) is 1. The summed E-state index contributed by atoms with van der Waals surface area (Å²) in [6, 6.07) is 8.28. The number of nitrogen functional groups attached to an aromatic ring is 1. The third-order valence-electron chi connectivity index (χ3n) is 6.51. The number of amides is 1. The summed E-state index contributed by atoms with van der Waals surface area (Å²) in [5, 5.41) is 0. The van der Waals surface area contributed by atoms with Crippen LogP contribution in [0, 0.1) is 6.92 Å². The lowest BCUT2D eigenvalue weighted by Gasteiger charge is -2.32. The summed E-state index contributed by atoms with van der Waals surface area (Å²) in [4.78, 5) is 26.1. The number of hydrogen-bond acceptors (Lipinski definition) is 7. The molecule has 0 aromatic heterocycles. The molecule has 2 aromatic carbocycles. The predicted octanol–water partition coefficient (Wildman–Crippen LogP) is 3.15. The van der Waals surface area contributed by atoms with Gasteiger partial charge in [0.25, 0.3) is 5.91 Å². The second kappa shape index (κ2) is 9.30. The van der Waals surface area contributed by atoms with Gasteiger partial charge in [0, 0.05) is 33.4 Å². The monoisotopic (exact) mass is 481 g/mol. The zero-order chi connectivity index (χ0) is 26.3. The maximum absolute atomic E-state index is 13.4. The number of carbonyl (C=O) groups excluding carboxylic acids is 2. The van der Waals surface area contributed by atoms with E-state index in [2.05, 4.69) is 10.9 Å². The van der Waals surface area contributed by atoms with Crippen molar-refractivity contribution in [2.75, 3.05) is 12.8 Å². The van der Waals surface area contributed by atoms with E-state index in [4.69, 9.17) is 19.8 Å². The van der Waals surface area contributed by atoms with Crippen molar-refractivity contribution in [2.24, 2.45) is 0 Å². The van der Waals surface area contributed by atoms with Crippen LogP contribution in [0.5, 0.6) is 5.75 Å². The normalized spacial score (nSPS) is 16.8. The molecule has 9 heteroatoms. The van der Waals surface area contributed by atoms with E-state index < -0.39 is 18.3 Å².